The van der Waals surface area contributed by atoms with Gasteiger partial charge in [0.1, 0.15) is 10.6 Å². The van der Waals surface area contributed by atoms with Crippen molar-refractivity contribution in [3.8, 4) is 5.69 Å². The highest BCUT2D eigenvalue weighted by Gasteiger charge is 2.23. The Bertz CT molecular complexity index is 1450. The van der Waals surface area contributed by atoms with Gasteiger partial charge in [-0.05, 0) is 61.1 Å². The third kappa shape index (κ3) is 4.67. The number of fused-ring (bicyclic) bond motifs is 3. The number of amides is 1. The number of benzene rings is 2. The van der Waals surface area contributed by atoms with Crippen LogP contribution in [0.1, 0.15) is 28.8 Å². The zero-order chi connectivity index (χ0) is 23.5. The molecule has 172 valence electrons. The van der Waals surface area contributed by atoms with Crippen molar-refractivity contribution >= 4 is 45.4 Å². The summed E-state index contributed by atoms with van der Waals surface area (Å²) in [7, 11) is 0. The first kappa shape index (κ1) is 22.5. The molecule has 6 nitrogen and oxygen atoms in total. The van der Waals surface area contributed by atoms with Crippen molar-refractivity contribution in [2.45, 2.75) is 30.8 Å². The van der Waals surface area contributed by atoms with Crippen LogP contribution in [0.5, 0.6) is 0 Å². The zero-order valence-electron chi connectivity index (χ0n) is 18.2. The van der Waals surface area contributed by atoms with Crippen molar-refractivity contribution in [3.05, 3.63) is 86.8 Å². The van der Waals surface area contributed by atoms with E-state index in [2.05, 4.69) is 10.5 Å². The molecule has 1 aliphatic carbocycles. The van der Waals surface area contributed by atoms with Gasteiger partial charge in [-0.1, -0.05) is 42.1 Å². The standard InChI is InChI=1S/C25H21FN4O2S2/c26-17-8-6-7-16(13-17)14-27-29-21(31)15-33-25-28-23-22(19-11-4-5-12-20(19)34-23)24(32)30(25)18-9-2-1-3-10-18/h1-3,6-10,13-14H,4-5,11-12,15H2,(H,29,31)/b27-14-. The molecule has 0 fully saturated rings. The highest BCUT2D eigenvalue weighted by molar-refractivity contribution is 7.99. The van der Waals surface area contributed by atoms with Crippen molar-refractivity contribution in [2.75, 3.05) is 5.75 Å². The monoisotopic (exact) mass is 492 g/mol. The minimum absolute atomic E-state index is 0.0242. The van der Waals surface area contributed by atoms with E-state index in [-0.39, 0.29) is 23.0 Å². The summed E-state index contributed by atoms with van der Waals surface area (Å²) in [5.41, 5.74) is 4.74. The molecule has 2 aromatic heterocycles. The number of halogens is 1. The lowest BCUT2D eigenvalue weighted by Gasteiger charge is -2.13. The molecule has 0 spiro atoms. The molecule has 34 heavy (non-hydrogen) atoms. The summed E-state index contributed by atoms with van der Waals surface area (Å²) < 4.78 is 14.9. The van der Waals surface area contributed by atoms with E-state index in [4.69, 9.17) is 4.98 Å². The zero-order valence-corrected chi connectivity index (χ0v) is 19.8. The van der Waals surface area contributed by atoms with Crippen LogP contribution >= 0.6 is 23.1 Å². The second kappa shape index (κ2) is 9.90. The van der Waals surface area contributed by atoms with Crippen LogP contribution in [0.15, 0.2) is 69.6 Å². The Balaban J connectivity index is 1.42. The Hall–Kier alpha value is -3.30. The number of rotatable bonds is 6. The van der Waals surface area contributed by atoms with Gasteiger partial charge in [-0.25, -0.2) is 14.8 Å². The van der Waals surface area contributed by atoms with Crippen LogP contribution in [0.3, 0.4) is 0 Å². The van der Waals surface area contributed by atoms with Gasteiger partial charge in [0.15, 0.2) is 5.16 Å². The number of aryl methyl sites for hydroxylation is 2. The van der Waals surface area contributed by atoms with Crippen molar-refractivity contribution in [1.82, 2.24) is 15.0 Å². The van der Waals surface area contributed by atoms with Crippen molar-refractivity contribution in [3.63, 3.8) is 0 Å². The Kier molecular flexibility index (Phi) is 6.55. The summed E-state index contributed by atoms with van der Waals surface area (Å²) in [5.74, 6) is -0.699. The molecule has 0 radical (unpaired) electrons. The van der Waals surface area contributed by atoms with E-state index in [0.29, 0.717) is 21.8 Å². The molecule has 1 aliphatic rings. The number of hydrogen-bond donors (Lipinski definition) is 1. The largest absolute Gasteiger partial charge is 0.272 e. The quantitative estimate of drug-likeness (QED) is 0.183. The second-order valence-electron chi connectivity index (χ2n) is 7.90. The van der Waals surface area contributed by atoms with Gasteiger partial charge in [0, 0.05) is 4.88 Å². The molecule has 1 N–H and O–H groups in total. The van der Waals surface area contributed by atoms with E-state index in [1.807, 2.05) is 30.3 Å². The average Bonchev–Trinajstić information content (AvgIpc) is 3.22. The normalized spacial score (nSPS) is 13.3. The number of aromatic nitrogens is 2. The first-order valence-corrected chi connectivity index (χ1v) is 12.7. The summed E-state index contributed by atoms with van der Waals surface area (Å²) in [6.45, 7) is 0. The fraction of sp³-hybridized carbons (Fsp3) is 0.200. The van der Waals surface area contributed by atoms with Crippen molar-refractivity contribution in [1.29, 1.82) is 0 Å². The summed E-state index contributed by atoms with van der Waals surface area (Å²) >= 11 is 2.77. The maximum Gasteiger partial charge on any atom is 0.267 e. The number of carbonyl (C=O) groups excluding carboxylic acids is 1. The van der Waals surface area contributed by atoms with E-state index < -0.39 is 0 Å². The van der Waals surface area contributed by atoms with Gasteiger partial charge in [0.25, 0.3) is 11.5 Å². The molecular weight excluding hydrogens is 471 g/mol. The van der Waals surface area contributed by atoms with Crippen LogP contribution in [0.4, 0.5) is 4.39 Å². The number of para-hydroxylation sites is 1. The van der Waals surface area contributed by atoms with E-state index in [1.54, 1.807) is 28.0 Å². The average molecular weight is 493 g/mol. The summed E-state index contributed by atoms with van der Waals surface area (Å²) in [6.07, 6.45) is 5.47. The van der Waals surface area contributed by atoms with Crippen LogP contribution in [0.2, 0.25) is 0 Å². The minimum atomic E-state index is -0.374. The number of carbonyl (C=O) groups is 1. The van der Waals surface area contributed by atoms with Gasteiger partial charge < -0.3 is 0 Å². The molecule has 2 aromatic carbocycles. The summed E-state index contributed by atoms with van der Waals surface area (Å²) in [6, 6.07) is 15.3. The first-order valence-electron chi connectivity index (χ1n) is 10.9. The number of hydrazone groups is 1. The smallest absolute Gasteiger partial charge is 0.267 e. The van der Waals surface area contributed by atoms with E-state index in [9.17, 15) is 14.0 Å². The van der Waals surface area contributed by atoms with Crippen LogP contribution < -0.4 is 11.0 Å². The molecule has 0 aliphatic heterocycles. The molecule has 4 aromatic rings. The molecule has 2 heterocycles. The maximum atomic E-state index is 13.6. The van der Waals surface area contributed by atoms with Gasteiger partial charge in [0.2, 0.25) is 0 Å². The SMILES string of the molecule is O=C(CSc1nc2sc3c(c2c(=O)n1-c1ccccc1)CCCC3)N/N=C\c1cccc(F)c1. The van der Waals surface area contributed by atoms with Crippen LogP contribution in [-0.4, -0.2) is 27.4 Å². The van der Waals surface area contributed by atoms with Gasteiger partial charge in [0.05, 0.1) is 23.0 Å². The Morgan fingerprint density at radius 1 is 1.18 bits per heavy atom. The number of nitrogens with one attached hydrogen (secondary N) is 1. The summed E-state index contributed by atoms with van der Waals surface area (Å²) in [4.78, 5) is 32.8. The van der Waals surface area contributed by atoms with E-state index in [1.165, 1.54) is 35.0 Å². The van der Waals surface area contributed by atoms with Crippen LogP contribution in [0, 0.1) is 5.82 Å². The minimum Gasteiger partial charge on any atom is -0.272 e. The molecule has 9 heteroatoms. The third-order valence-corrected chi connectivity index (χ3v) is 7.68. The van der Waals surface area contributed by atoms with Crippen LogP contribution in [0.25, 0.3) is 15.9 Å². The van der Waals surface area contributed by atoms with Gasteiger partial charge in [-0.3, -0.25) is 14.2 Å². The number of hydrogen-bond acceptors (Lipinski definition) is 6. The van der Waals surface area contributed by atoms with Crippen molar-refractivity contribution in [2.24, 2.45) is 5.10 Å². The summed E-state index contributed by atoms with van der Waals surface area (Å²) in [5, 5.41) is 5.07. The number of thioether (sulfide) groups is 1. The molecule has 0 unspecified atom stereocenters. The molecule has 0 atom stereocenters. The second-order valence-corrected chi connectivity index (χ2v) is 9.92. The molecular formula is C25H21FN4O2S2. The Morgan fingerprint density at radius 2 is 2.00 bits per heavy atom. The van der Waals surface area contributed by atoms with Crippen molar-refractivity contribution < 1.29 is 9.18 Å². The lowest BCUT2D eigenvalue weighted by molar-refractivity contribution is -0.118. The molecule has 5 rings (SSSR count). The fourth-order valence-corrected chi connectivity index (χ4v) is 6.12. The van der Waals surface area contributed by atoms with Crippen LogP contribution in [-0.2, 0) is 17.6 Å². The highest BCUT2D eigenvalue weighted by Crippen LogP contribution is 2.35. The molecule has 0 bridgehead atoms. The third-order valence-electron chi connectivity index (χ3n) is 5.56. The molecule has 0 saturated heterocycles. The maximum absolute atomic E-state index is 13.6. The highest BCUT2D eigenvalue weighted by atomic mass is 32.2. The van der Waals surface area contributed by atoms with E-state index in [0.717, 1.165) is 36.1 Å². The molecule has 0 saturated carbocycles. The Labute approximate surface area is 203 Å². The lowest BCUT2D eigenvalue weighted by atomic mass is 9.97. The molecule has 1 amide bonds. The number of thiophene rings is 1. The topological polar surface area (TPSA) is 76.3 Å². The van der Waals surface area contributed by atoms with Gasteiger partial charge in [-0.2, -0.15) is 5.10 Å². The number of nitrogens with zero attached hydrogens (tertiary/aromatic N) is 3. The van der Waals surface area contributed by atoms with Gasteiger partial charge >= 0.3 is 0 Å². The Morgan fingerprint density at radius 3 is 2.82 bits per heavy atom. The fourth-order valence-electron chi connectivity index (χ4n) is 4.02. The predicted octanol–water partition coefficient (Wildman–Crippen LogP) is 4.71. The first-order chi connectivity index (χ1) is 16.6. The van der Waals surface area contributed by atoms with E-state index >= 15 is 0 Å². The predicted molar refractivity (Wildman–Crippen MR) is 135 cm³/mol. The van der Waals surface area contributed by atoms with Gasteiger partial charge in [-0.15, -0.1) is 11.3 Å². The lowest BCUT2D eigenvalue weighted by Crippen LogP contribution is -2.24.